The maximum Gasteiger partial charge on any atom is 0.230 e. The SMILES string of the molecule is CCCC1CCN(C(=O)C2(CN)CCCCCC2)C1. The molecule has 1 unspecified atom stereocenters. The molecule has 2 N–H and O–H groups in total. The van der Waals surface area contributed by atoms with Gasteiger partial charge in [-0.05, 0) is 31.6 Å². The van der Waals surface area contributed by atoms with Gasteiger partial charge in [0.1, 0.15) is 0 Å². The molecule has 1 amide bonds. The summed E-state index contributed by atoms with van der Waals surface area (Å²) in [6, 6.07) is 0. The number of amides is 1. The van der Waals surface area contributed by atoms with Gasteiger partial charge in [-0.25, -0.2) is 0 Å². The van der Waals surface area contributed by atoms with E-state index >= 15 is 0 Å². The van der Waals surface area contributed by atoms with Crippen LogP contribution in [0.25, 0.3) is 0 Å². The molecule has 2 fully saturated rings. The van der Waals surface area contributed by atoms with Crippen molar-refractivity contribution in [1.29, 1.82) is 0 Å². The van der Waals surface area contributed by atoms with Crippen LogP contribution in [0.3, 0.4) is 0 Å². The largest absolute Gasteiger partial charge is 0.342 e. The summed E-state index contributed by atoms with van der Waals surface area (Å²) in [6.07, 6.45) is 10.6. The zero-order valence-electron chi connectivity index (χ0n) is 12.5. The molecule has 0 aromatic rings. The molecule has 1 atom stereocenters. The molecule has 1 saturated carbocycles. The standard InChI is InChI=1S/C16H30N2O/c1-2-7-14-8-11-18(12-14)15(19)16(13-17)9-5-3-4-6-10-16/h14H,2-13,17H2,1H3. The van der Waals surface area contributed by atoms with Crippen LogP contribution in [0.2, 0.25) is 0 Å². The van der Waals surface area contributed by atoms with Gasteiger partial charge in [0.15, 0.2) is 0 Å². The molecular formula is C16H30N2O. The van der Waals surface area contributed by atoms with Crippen molar-refractivity contribution in [2.75, 3.05) is 19.6 Å². The van der Waals surface area contributed by atoms with Crippen LogP contribution in [-0.4, -0.2) is 30.4 Å². The monoisotopic (exact) mass is 266 g/mol. The lowest BCUT2D eigenvalue weighted by Gasteiger charge is -2.34. The normalized spacial score (nSPS) is 27.3. The summed E-state index contributed by atoms with van der Waals surface area (Å²) in [5.41, 5.74) is 5.80. The van der Waals surface area contributed by atoms with Crippen LogP contribution < -0.4 is 5.73 Å². The first kappa shape index (κ1) is 14.8. The summed E-state index contributed by atoms with van der Waals surface area (Å²) in [6.45, 7) is 4.72. The van der Waals surface area contributed by atoms with Crippen molar-refractivity contribution in [3.05, 3.63) is 0 Å². The average Bonchev–Trinajstić information content (AvgIpc) is 2.75. The van der Waals surface area contributed by atoms with Gasteiger partial charge in [0.25, 0.3) is 0 Å². The molecule has 1 heterocycles. The van der Waals surface area contributed by atoms with Gasteiger partial charge < -0.3 is 10.6 Å². The first-order valence-corrected chi connectivity index (χ1v) is 8.21. The average molecular weight is 266 g/mol. The Hall–Kier alpha value is -0.570. The van der Waals surface area contributed by atoms with Gasteiger partial charge in [0.05, 0.1) is 5.41 Å². The molecule has 0 spiro atoms. The number of nitrogens with two attached hydrogens (primary N) is 1. The highest BCUT2D eigenvalue weighted by atomic mass is 16.2. The Morgan fingerprint density at radius 3 is 2.53 bits per heavy atom. The third kappa shape index (κ3) is 3.31. The maximum absolute atomic E-state index is 12.9. The van der Waals surface area contributed by atoms with E-state index in [1.165, 1.54) is 44.9 Å². The predicted octanol–water partition coefficient (Wildman–Crippen LogP) is 2.93. The summed E-state index contributed by atoms with van der Waals surface area (Å²) in [5, 5.41) is 0. The van der Waals surface area contributed by atoms with E-state index in [0.29, 0.717) is 12.5 Å². The molecule has 0 radical (unpaired) electrons. The van der Waals surface area contributed by atoms with Crippen molar-refractivity contribution < 1.29 is 4.79 Å². The predicted molar refractivity (Wildman–Crippen MR) is 78.8 cm³/mol. The molecule has 0 aromatic heterocycles. The highest BCUT2D eigenvalue weighted by Gasteiger charge is 2.41. The summed E-state index contributed by atoms with van der Waals surface area (Å²) in [7, 11) is 0. The molecule has 2 aliphatic rings. The number of hydrogen-bond donors (Lipinski definition) is 1. The molecular weight excluding hydrogens is 236 g/mol. The van der Waals surface area contributed by atoms with Crippen molar-refractivity contribution >= 4 is 5.91 Å². The smallest absolute Gasteiger partial charge is 0.230 e. The zero-order valence-corrected chi connectivity index (χ0v) is 12.5. The number of likely N-dealkylation sites (tertiary alicyclic amines) is 1. The van der Waals surface area contributed by atoms with Gasteiger partial charge in [0, 0.05) is 19.6 Å². The molecule has 19 heavy (non-hydrogen) atoms. The van der Waals surface area contributed by atoms with Gasteiger partial charge in [-0.1, -0.05) is 39.0 Å². The Labute approximate surface area is 117 Å². The number of hydrogen-bond acceptors (Lipinski definition) is 2. The van der Waals surface area contributed by atoms with Crippen LogP contribution in [0.5, 0.6) is 0 Å². The van der Waals surface area contributed by atoms with E-state index in [1.54, 1.807) is 0 Å². The minimum Gasteiger partial charge on any atom is -0.342 e. The highest BCUT2D eigenvalue weighted by molar-refractivity contribution is 5.83. The lowest BCUT2D eigenvalue weighted by Crippen LogP contribution is -2.47. The van der Waals surface area contributed by atoms with Crippen LogP contribution in [0.4, 0.5) is 0 Å². The molecule has 0 aromatic carbocycles. The van der Waals surface area contributed by atoms with Crippen molar-refractivity contribution in [1.82, 2.24) is 4.90 Å². The molecule has 110 valence electrons. The molecule has 1 aliphatic heterocycles. The molecule has 1 aliphatic carbocycles. The Kier molecular flexibility index (Phi) is 5.26. The zero-order chi connectivity index (χ0) is 13.7. The van der Waals surface area contributed by atoms with E-state index in [0.717, 1.165) is 31.8 Å². The van der Waals surface area contributed by atoms with Crippen LogP contribution in [0.1, 0.15) is 64.7 Å². The second-order valence-corrected chi connectivity index (χ2v) is 6.59. The molecule has 3 nitrogen and oxygen atoms in total. The lowest BCUT2D eigenvalue weighted by molar-refractivity contribution is -0.141. The summed E-state index contributed by atoms with van der Waals surface area (Å²) < 4.78 is 0. The summed E-state index contributed by atoms with van der Waals surface area (Å²) >= 11 is 0. The number of rotatable bonds is 4. The fraction of sp³-hybridized carbons (Fsp3) is 0.938. The molecule has 1 saturated heterocycles. The van der Waals surface area contributed by atoms with Crippen LogP contribution in [0, 0.1) is 11.3 Å². The highest BCUT2D eigenvalue weighted by Crippen LogP contribution is 2.37. The Morgan fingerprint density at radius 2 is 1.95 bits per heavy atom. The fourth-order valence-corrected chi connectivity index (χ4v) is 3.91. The Bertz CT molecular complexity index is 295. The van der Waals surface area contributed by atoms with E-state index in [4.69, 9.17) is 5.73 Å². The number of carbonyl (C=O) groups is 1. The first-order chi connectivity index (χ1) is 9.22. The third-order valence-corrected chi connectivity index (χ3v) is 5.18. The lowest BCUT2D eigenvalue weighted by atomic mass is 9.79. The molecule has 3 heteroatoms. The third-order valence-electron chi connectivity index (χ3n) is 5.18. The quantitative estimate of drug-likeness (QED) is 0.795. The second kappa shape index (κ2) is 6.74. The van der Waals surface area contributed by atoms with E-state index in [1.807, 2.05) is 0 Å². The van der Waals surface area contributed by atoms with Gasteiger partial charge >= 0.3 is 0 Å². The van der Waals surface area contributed by atoms with E-state index in [2.05, 4.69) is 11.8 Å². The number of carbonyl (C=O) groups excluding carboxylic acids is 1. The van der Waals surface area contributed by atoms with Gasteiger partial charge in [-0.3, -0.25) is 4.79 Å². The Balaban J connectivity index is 2.00. The minimum atomic E-state index is -0.225. The van der Waals surface area contributed by atoms with Crippen molar-refractivity contribution in [3.8, 4) is 0 Å². The van der Waals surface area contributed by atoms with Crippen LogP contribution in [-0.2, 0) is 4.79 Å². The van der Waals surface area contributed by atoms with E-state index < -0.39 is 0 Å². The molecule has 0 bridgehead atoms. The summed E-state index contributed by atoms with van der Waals surface area (Å²) in [5.74, 6) is 1.10. The number of nitrogens with zero attached hydrogens (tertiary/aromatic N) is 1. The minimum absolute atomic E-state index is 0.225. The van der Waals surface area contributed by atoms with Crippen molar-refractivity contribution in [2.24, 2.45) is 17.1 Å². The topological polar surface area (TPSA) is 46.3 Å². The van der Waals surface area contributed by atoms with E-state index in [-0.39, 0.29) is 5.41 Å². The summed E-state index contributed by atoms with van der Waals surface area (Å²) in [4.78, 5) is 15.0. The van der Waals surface area contributed by atoms with E-state index in [9.17, 15) is 4.79 Å². The Morgan fingerprint density at radius 1 is 1.26 bits per heavy atom. The van der Waals surface area contributed by atoms with Crippen LogP contribution in [0.15, 0.2) is 0 Å². The maximum atomic E-state index is 12.9. The van der Waals surface area contributed by atoms with Crippen LogP contribution >= 0.6 is 0 Å². The first-order valence-electron chi connectivity index (χ1n) is 8.21. The van der Waals surface area contributed by atoms with Crippen molar-refractivity contribution in [3.63, 3.8) is 0 Å². The van der Waals surface area contributed by atoms with Gasteiger partial charge in [0.2, 0.25) is 5.91 Å². The second-order valence-electron chi connectivity index (χ2n) is 6.59. The fourth-order valence-electron chi connectivity index (χ4n) is 3.91. The van der Waals surface area contributed by atoms with Gasteiger partial charge in [-0.2, -0.15) is 0 Å². The molecule has 2 rings (SSSR count). The van der Waals surface area contributed by atoms with Gasteiger partial charge in [-0.15, -0.1) is 0 Å². The van der Waals surface area contributed by atoms with Crippen molar-refractivity contribution in [2.45, 2.75) is 64.7 Å².